The van der Waals surface area contributed by atoms with Gasteiger partial charge in [0.1, 0.15) is 11.4 Å². The maximum atomic E-state index is 13.5. The molecule has 2 N–H and O–H groups in total. The number of halogens is 5. The average molecular weight is 523 g/mol. The lowest BCUT2D eigenvalue weighted by Gasteiger charge is -2.14. The van der Waals surface area contributed by atoms with Crippen molar-refractivity contribution in [2.45, 2.75) is 13.1 Å². The van der Waals surface area contributed by atoms with Gasteiger partial charge < -0.3 is 15.2 Å². The van der Waals surface area contributed by atoms with Crippen LogP contribution in [-0.4, -0.2) is 42.9 Å². The van der Waals surface area contributed by atoms with Crippen LogP contribution in [0.1, 0.15) is 21.7 Å². The summed E-state index contributed by atoms with van der Waals surface area (Å²) < 4.78 is 59.4. The van der Waals surface area contributed by atoms with Crippen LogP contribution >= 0.6 is 11.6 Å². The zero-order valence-corrected chi connectivity index (χ0v) is 19.2. The van der Waals surface area contributed by atoms with Crippen LogP contribution in [0.25, 0.3) is 16.9 Å². The number of rotatable bonds is 6. The first-order valence-corrected chi connectivity index (χ1v) is 10.4. The molecule has 0 bridgehead atoms. The third-order valence-electron chi connectivity index (χ3n) is 4.91. The summed E-state index contributed by atoms with van der Waals surface area (Å²) in [6, 6.07) is 5.83. The fourth-order valence-electron chi connectivity index (χ4n) is 3.24. The number of methoxy groups -OCH3 is 1. The number of hydrogen-bond acceptors (Lipinski definition) is 7. The lowest BCUT2D eigenvalue weighted by Crippen LogP contribution is -2.11. The van der Waals surface area contributed by atoms with Crippen molar-refractivity contribution in [3.63, 3.8) is 0 Å². The number of nitrogens with zero attached hydrogens (tertiary/aromatic N) is 5. The molecule has 3 heterocycles. The van der Waals surface area contributed by atoms with Gasteiger partial charge in [0.2, 0.25) is 11.8 Å². The average Bonchev–Trinajstić information content (AvgIpc) is 3.23. The molecule has 186 valence electrons. The van der Waals surface area contributed by atoms with Crippen molar-refractivity contribution >= 4 is 29.2 Å². The second kappa shape index (κ2) is 9.41. The Bertz CT molecular complexity index is 1470. The summed E-state index contributed by atoms with van der Waals surface area (Å²) in [5.74, 6) is -2.30. The molecule has 4 aromatic rings. The number of anilines is 2. The monoisotopic (exact) mass is 522 g/mol. The van der Waals surface area contributed by atoms with Crippen LogP contribution in [0, 0.1) is 12.7 Å². The number of aromatic carboxylic acids is 1. The molecule has 0 aliphatic carbocycles. The fourth-order valence-corrected chi connectivity index (χ4v) is 3.42. The van der Waals surface area contributed by atoms with Crippen molar-refractivity contribution in [1.82, 2.24) is 24.7 Å². The number of carbonyl (C=O) groups is 1. The largest absolute Gasteiger partial charge is 0.480 e. The van der Waals surface area contributed by atoms with Gasteiger partial charge in [-0.2, -0.15) is 23.3 Å². The Labute approximate surface area is 205 Å². The third-order valence-corrected chi connectivity index (χ3v) is 5.20. The second-order valence-electron chi connectivity index (χ2n) is 7.35. The zero-order valence-electron chi connectivity index (χ0n) is 18.4. The van der Waals surface area contributed by atoms with Crippen LogP contribution in [0.5, 0.6) is 5.88 Å². The number of carboxylic acid groups (broad SMARTS) is 1. The van der Waals surface area contributed by atoms with Crippen molar-refractivity contribution in [3.8, 4) is 22.8 Å². The highest BCUT2D eigenvalue weighted by Gasteiger charge is 2.35. The minimum atomic E-state index is -4.71. The first kappa shape index (κ1) is 24.9. The number of benzene rings is 1. The van der Waals surface area contributed by atoms with E-state index in [1.54, 1.807) is 0 Å². The summed E-state index contributed by atoms with van der Waals surface area (Å²) in [6.45, 7) is 1.40. The minimum Gasteiger partial charge on any atom is -0.480 e. The van der Waals surface area contributed by atoms with E-state index in [0.29, 0.717) is 5.69 Å². The van der Waals surface area contributed by atoms with Crippen molar-refractivity contribution in [1.29, 1.82) is 0 Å². The van der Waals surface area contributed by atoms with E-state index in [1.807, 2.05) is 0 Å². The highest BCUT2D eigenvalue weighted by molar-refractivity contribution is 6.31. The molecule has 0 fully saturated rings. The smallest absolute Gasteiger partial charge is 0.435 e. The van der Waals surface area contributed by atoms with E-state index in [9.17, 15) is 27.5 Å². The topological polar surface area (TPSA) is 115 Å². The van der Waals surface area contributed by atoms with Gasteiger partial charge in [-0.3, -0.25) is 0 Å². The maximum Gasteiger partial charge on any atom is 0.435 e. The number of carboxylic acids is 1. The van der Waals surface area contributed by atoms with Gasteiger partial charge in [0.05, 0.1) is 12.1 Å². The normalized spacial score (nSPS) is 11.4. The van der Waals surface area contributed by atoms with Crippen LogP contribution in [0.15, 0.2) is 42.7 Å². The highest BCUT2D eigenvalue weighted by atomic mass is 35.5. The van der Waals surface area contributed by atoms with Gasteiger partial charge in [-0.15, -0.1) is 0 Å². The predicted octanol–water partition coefficient (Wildman–Crippen LogP) is 5.29. The number of ether oxygens (including phenoxy) is 1. The van der Waals surface area contributed by atoms with Crippen LogP contribution in [0.4, 0.5) is 29.2 Å². The molecule has 0 aliphatic rings. The molecule has 0 aliphatic heterocycles. The number of aromatic nitrogens is 5. The number of alkyl halides is 3. The molecule has 9 nitrogen and oxygen atoms in total. The van der Waals surface area contributed by atoms with Crippen molar-refractivity contribution in [3.05, 3.63) is 70.5 Å². The molecule has 0 saturated heterocycles. The summed E-state index contributed by atoms with van der Waals surface area (Å²) in [5.41, 5.74) is -0.704. The minimum absolute atomic E-state index is 0.0696. The highest BCUT2D eigenvalue weighted by Crippen LogP contribution is 2.33. The van der Waals surface area contributed by atoms with Gasteiger partial charge in [-0.25, -0.2) is 23.8 Å². The molecule has 3 aromatic heterocycles. The Kier molecular flexibility index (Phi) is 6.50. The fraction of sp³-hybridized carbons (Fsp3) is 0.136. The van der Waals surface area contributed by atoms with E-state index < -0.39 is 23.7 Å². The summed E-state index contributed by atoms with van der Waals surface area (Å²) in [4.78, 5) is 24.1. The maximum absolute atomic E-state index is 13.5. The third kappa shape index (κ3) is 4.91. The standard InChI is InChI=1S/C22H15ClF4N6O3/c1-10-5-17(22(25,26)27)32-33(10)18-14(11-6-13(20(34)35)19(36-2)28-8-11)9-29-21(31-18)30-12-3-4-16(24)15(23)7-12/h3-9H,1-2H3,(H,34,35)(H,29,30,31). The van der Waals surface area contributed by atoms with Crippen LogP contribution in [0.3, 0.4) is 0 Å². The van der Waals surface area contributed by atoms with E-state index in [2.05, 4.69) is 25.4 Å². The molecular formula is C22H15ClF4N6O3. The number of nitrogens with one attached hydrogen (secondary N) is 1. The van der Waals surface area contributed by atoms with Crippen molar-refractivity contribution in [2.75, 3.05) is 12.4 Å². The summed E-state index contributed by atoms with van der Waals surface area (Å²) in [6.07, 6.45) is -2.18. The molecule has 0 atom stereocenters. The van der Waals surface area contributed by atoms with E-state index in [-0.39, 0.29) is 45.1 Å². The molecule has 1 aromatic carbocycles. The lowest BCUT2D eigenvalue weighted by atomic mass is 10.1. The second-order valence-corrected chi connectivity index (χ2v) is 7.76. The Balaban J connectivity index is 1.89. The molecule has 0 radical (unpaired) electrons. The van der Waals surface area contributed by atoms with E-state index in [4.69, 9.17) is 16.3 Å². The van der Waals surface area contributed by atoms with Gasteiger partial charge in [0, 0.05) is 34.9 Å². The van der Waals surface area contributed by atoms with Gasteiger partial charge in [-0.1, -0.05) is 11.6 Å². The Hall–Kier alpha value is -4.26. The van der Waals surface area contributed by atoms with E-state index >= 15 is 0 Å². The number of hydrogen-bond donors (Lipinski definition) is 2. The zero-order chi connectivity index (χ0) is 26.2. The van der Waals surface area contributed by atoms with Gasteiger partial charge in [0.15, 0.2) is 11.5 Å². The summed E-state index contributed by atoms with van der Waals surface area (Å²) in [7, 11) is 1.25. The molecule has 0 amide bonds. The first-order valence-electron chi connectivity index (χ1n) is 9.99. The van der Waals surface area contributed by atoms with Gasteiger partial charge in [-0.05, 0) is 37.3 Å². The molecule has 0 spiro atoms. The molecular weight excluding hydrogens is 508 g/mol. The first-order chi connectivity index (χ1) is 17.0. The molecule has 0 saturated carbocycles. The van der Waals surface area contributed by atoms with E-state index in [0.717, 1.165) is 16.8 Å². The summed E-state index contributed by atoms with van der Waals surface area (Å²) in [5, 5.41) is 15.8. The Morgan fingerprint density at radius 3 is 2.53 bits per heavy atom. The van der Waals surface area contributed by atoms with Gasteiger partial charge in [0.25, 0.3) is 0 Å². The quantitative estimate of drug-likeness (QED) is 0.328. The van der Waals surface area contributed by atoms with Crippen LogP contribution < -0.4 is 10.1 Å². The predicted molar refractivity (Wildman–Crippen MR) is 120 cm³/mol. The summed E-state index contributed by atoms with van der Waals surface area (Å²) >= 11 is 5.80. The lowest BCUT2D eigenvalue weighted by molar-refractivity contribution is -0.141. The van der Waals surface area contributed by atoms with Crippen molar-refractivity contribution < 1.29 is 32.2 Å². The number of pyridine rings is 1. The van der Waals surface area contributed by atoms with Crippen LogP contribution in [0.2, 0.25) is 5.02 Å². The molecule has 0 unspecified atom stereocenters. The van der Waals surface area contributed by atoms with E-state index in [1.165, 1.54) is 44.6 Å². The van der Waals surface area contributed by atoms with Crippen LogP contribution in [-0.2, 0) is 6.18 Å². The Morgan fingerprint density at radius 2 is 1.92 bits per heavy atom. The molecule has 36 heavy (non-hydrogen) atoms. The van der Waals surface area contributed by atoms with Gasteiger partial charge >= 0.3 is 12.1 Å². The SMILES string of the molecule is COc1ncc(-c2cnc(Nc3ccc(F)c(Cl)c3)nc2-n2nc(C(F)(F)F)cc2C)cc1C(=O)O. The number of aryl methyl sites for hydroxylation is 1. The van der Waals surface area contributed by atoms with Crippen molar-refractivity contribution in [2.24, 2.45) is 0 Å². The molecule has 4 rings (SSSR count). The Morgan fingerprint density at radius 1 is 1.17 bits per heavy atom. The molecule has 14 heteroatoms.